The molecule has 1 saturated heterocycles. The smallest absolute Gasteiger partial charge is 0.341 e. The zero-order valence-corrected chi connectivity index (χ0v) is 15.2. The van der Waals surface area contributed by atoms with Gasteiger partial charge in [0.2, 0.25) is 15.9 Å². The molecule has 1 aliphatic rings. The number of aromatic nitrogens is 1. The topological polar surface area (TPSA) is 109 Å². The van der Waals surface area contributed by atoms with Crippen LogP contribution < -0.4 is 4.74 Å². The molecule has 9 nitrogen and oxygen atoms in total. The predicted molar refractivity (Wildman–Crippen MR) is 89.4 cm³/mol. The maximum atomic E-state index is 12.7. The van der Waals surface area contributed by atoms with Crippen molar-refractivity contribution < 1.29 is 27.8 Å². The van der Waals surface area contributed by atoms with Gasteiger partial charge in [-0.15, -0.1) is 0 Å². The molecule has 0 aliphatic carbocycles. The van der Waals surface area contributed by atoms with Gasteiger partial charge in [0.05, 0.1) is 12.8 Å². The van der Waals surface area contributed by atoms with Crippen molar-refractivity contribution in [2.45, 2.75) is 11.8 Å². The number of hydrogen-bond donors (Lipinski definition) is 1. The first-order chi connectivity index (χ1) is 11.9. The molecule has 1 aliphatic heterocycles. The van der Waals surface area contributed by atoms with Crippen molar-refractivity contribution in [2.24, 2.45) is 0 Å². The lowest BCUT2D eigenvalue weighted by molar-refractivity contribution is 0.0687. The second-order valence-corrected chi connectivity index (χ2v) is 7.45. The molecule has 0 aromatic carbocycles. The van der Waals surface area contributed by atoms with Gasteiger partial charge in [0.25, 0.3) is 0 Å². The Labute approximate surface area is 147 Å². The fourth-order valence-electron chi connectivity index (χ4n) is 2.50. The second kappa shape index (κ2) is 8.56. The van der Waals surface area contributed by atoms with Crippen LogP contribution in [0.5, 0.6) is 5.88 Å². The highest BCUT2D eigenvalue weighted by molar-refractivity contribution is 7.89. The molecule has 1 aromatic heterocycles. The minimum Gasteiger partial charge on any atom is -0.477 e. The molecule has 0 spiro atoms. The third-order valence-corrected chi connectivity index (χ3v) is 5.86. The van der Waals surface area contributed by atoms with Crippen LogP contribution in [0, 0.1) is 0 Å². The van der Waals surface area contributed by atoms with Crippen molar-refractivity contribution in [3.63, 3.8) is 0 Å². The number of rotatable bonds is 8. The SMILES string of the molecule is CCN1CCN(S(=O)(=O)c2cnc(OCCOC)c(C(=O)O)c2)CC1. The van der Waals surface area contributed by atoms with Crippen LogP contribution >= 0.6 is 0 Å². The Morgan fingerprint density at radius 3 is 2.52 bits per heavy atom. The van der Waals surface area contributed by atoms with E-state index in [1.807, 2.05) is 6.92 Å². The summed E-state index contributed by atoms with van der Waals surface area (Å²) in [6.07, 6.45) is 1.14. The maximum Gasteiger partial charge on any atom is 0.341 e. The van der Waals surface area contributed by atoms with E-state index in [9.17, 15) is 18.3 Å². The first kappa shape index (κ1) is 19.6. The van der Waals surface area contributed by atoms with Gasteiger partial charge in [-0.25, -0.2) is 18.2 Å². The second-order valence-electron chi connectivity index (χ2n) is 5.51. The molecule has 0 bridgehead atoms. The third-order valence-electron chi connectivity index (χ3n) is 4.00. The summed E-state index contributed by atoms with van der Waals surface area (Å²) in [6, 6.07) is 1.10. The number of carboxylic acid groups (broad SMARTS) is 1. The van der Waals surface area contributed by atoms with E-state index < -0.39 is 16.0 Å². The lowest BCUT2D eigenvalue weighted by Crippen LogP contribution is -2.48. The lowest BCUT2D eigenvalue weighted by atomic mass is 10.3. The molecular weight excluding hydrogens is 350 g/mol. The third kappa shape index (κ3) is 4.66. The number of nitrogens with zero attached hydrogens (tertiary/aromatic N) is 3. The molecule has 25 heavy (non-hydrogen) atoms. The van der Waals surface area contributed by atoms with Gasteiger partial charge in [0.15, 0.2) is 0 Å². The van der Waals surface area contributed by atoms with E-state index in [1.54, 1.807) is 0 Å². The van der Waals surface area contributed by atoms with Gasteiger partial charge in [0.1, 0.15) is 17.1 Å². The molecule has 0 atom stereocenters. The molecule has 2 heterocycles. The van der Waals surface area contributed by atoms with Crippen molar-refractivity contribution >= 4 is 16.0 Å². The first-order valence-corrected chi connectivity index (χ1v) is 9.41. The Kier molecular flexibility index (Phi) is 6.71. The summed E-state index contributed by atoms with van der Waals surface area (Å²) in [4.78, 5) is 17.3. The number of aromatic carboxylic acids is 1. The van der Waals surface area contributed by atoms with Crippen LogP contribution in [0.1, 0.15) is 17.3 Å². The van der Waals surface area contributed by atoms with Crippen molar-refractivity contribution in [1.82, 2.24) is 14.2 Å². The van der Waals surface area contributed by atoms with Crippen LogP contribution in [0.15, 0.2) is 17.2 Å². The molecule has 1 aromatic rings. The molecule has 0 radical (unpaired) electrons. The number of methoxy groups -OCH3 is 1. The average molecular weight is 373 g/mol. The summed E-state index contributed by atoms with van der Waals surface area (Å²) in [5.74, 6) is -1.42. The largest absolute Gasteiger partial charge is 0.477 e. The van der Waals surface area contributed by atoms with E-state index in [1.165, 1.54) is 11.4 Å². The Bertz CT molecular complexity index is 701. The zero-order chi connectivity index (χ0) is 18.4. The van der Waals surface area contributed by atoms with E-state index in [2.05, 4.69) is 9.88 Å². The van der Waals surface area contributed by atoms with Gasteiger partial charge >= 0.3 is 5.97 Å². The summed E-state index contributed by atoms with van der Waals surface area (Å²) in [5, 5.41) is 9.32. The van der Waals surface area contributed by atoms with E-state index >= 15 is 0 Å². The molecule has 140 valence electrons. The van der Waals surface area contributed by atoms with Gasteiger partial charge in [0, 0.05) is 33.3 Å². The Hall–Kier alpha value is -1.75. The van der Waals surface area contributed by atoms with Gasteiger partial charge in [-0.2, -0.15) is 4.31 Å². The first-order valence-electron chi connectivity index (χ1n) is 7.97. The van der Waals surface area contributed by atoms with Crippen LogP contribution in [-0.4, -0.2) is 86.7 Å². The van der Waals surface area contributed by atoms with Gasteiger partial charge in [-0.05, 0) is 12.6 Å². The maximum absolute atomic E-state index is 12.7. The molecule has 10 heteroatoms. The molecule has 1 N–H and O–H groups in total. The normalized spacial score (nSPS) is 16.7. The van der Waals surface area contributed by atoms with E-state index in [-0.39, 0.29) is 29.6 Å². The summed E-state index contributed by atoms with van der Waals surface area (Å²) in [6.45, 7) is 5.30. The minimum absolute atomic E-state index is 0.120. The van der Waals surface area contributed by atoms with Gasteiger partial charge in [-0.3, -0.25) is 0 Å². The Balaban J connectivity index is 2.23. The summed E-state index contributed by atoms with van der Waals surface area (Å²) >= 11 is 0. The molecule has 1 fully saturated rings. The molecule has 0 unspecified atom stereocenters. The van der Waals surface area contributed by atoms with E-state index in [0.29, 0.717) is 26.2 Å². The Morgan fingerprint density at radius 2 is 1.96 bits per heavy atom. The van der Waals surface area contributed by atoms with Crippen LogP contribution in [0.4, 0.5) is 0 Å². The summed E-state index contributed by atoms with van der Waals surface area (Å²) < 4.78 is 36.9. The molecular formula is C15H23N3O6S. The van der Waals surface area contributed by atoms with Crippen molar-refractivity contribution in [3.05, 3.63) is 17.8 Å². The average Bonchev–Trinajstić information content (AvgIpc) is 2.62. The summed E-state index contributed by atoms with van der Waals surface area (Å²) in [7, 11) is -2.30. The van der Waals surface area contributed by atoms with Crippen molar-refractivity contribution in [3.8, 4) is 5.88 Å². The number of carbonyl (C=O) groups is 1. The van der Waals surface area contributed by atoms with Crippen molar-refractivity contribution in [2.75, 3.05) is 53.0 Å². The number of ether oxygens (including phenoxy) is 2. The highest BCUT2D eigenvalue weighted by Gasteiger charge is 2.30. The standard InChI is InChI=1S/C15H23N3O6S/c1-3-17-4-6-18(7-5-17)25(21,22)12-10-13(15(19)20)14(16-11-12)24-9-8-23-2/h10-11H,3-9H2,1-2H3,(H,19,20). The van der Waals surface area contributed by atoms with Crippen LogP contribution in [-0.2, 0) is 14.8 Å². The zero-order valence-electron chi connectivity index (χ0n) is 14.3. The van der Waals surface area contributed by atoms with Crippen LogP contribution in [0.2, 0.25) is 0 Å². The fourth-order valence-corrected chi connectivity index (χ4v) is 3.89. The summed E-state index contributed by atoms with van der Waals surface area (Å²) in [5.41, 5.74) is -0.288. The van der Waals surface area contributed by atoms with Crippen LogP contribution in [0.25, 0.3) is 0 Å². The van der Waals surface area contributed by atoms with E-state index in [4.69, 9.17) is 9.47 Å². The van der Waals surface area contributed by atoms with Gasteiger partial charge < -0.3 is 19.5 Å². The van der Waals surface area contributed by atoms with E-state index in [0.717, 1.165) is 18.8 Å². The predicted octanol–water partition coefficient (Wildman–Crippen LogP) is 0.131. The molecule has 0 saturated carbocycles. The Morgan fingerprint density at radius 1 is 1.28 bits per heavy atom. The highest BCUT2D eigenvalue weighted by Crippen LogP contribution is 2.23. The van der Waals surface area contributed by atoms with Crippen LogP contribution in [0.3, 0.4) is 0 Å². The van der Waals surface area contributed by atoms with Crippen molar-refractivity contribution in [1.29, 1.82) is 0 Å². The fraction of sp³-hybridized carbons (Fsp3) is 0.600. The molecule has 0 amide bonds. The number of carboxylic acids is 1. The number of pyridine rings is 1. The quantitative estimate of drug-likeness (QED) is 0.641. The monoisotopic (exact) mass is 373 g/mol. The number of likely N-dealkylation sites (N-methyl/N-ethyl adjacent to an activating group) is 1. The van der Waals surface area contributed by atoms with Gasteiger partial charge in [-0.1, -0.05) is 6.92 Å². The lowest BCUT2D eigenvalue weighted by Gasteiger charge is -2.33. The highest BCUT2D eigenvalue weighted by atomic mass is 32.2. The number of sulfonamides is 1. The molecule has 2 rings (SSSR count). The number of piperazine rings is 1. The number of hydrogen-bond acceptors (Lipinski definition) is 7. The minimum atomic E-state index is -3.79.